The van der Waals surface area contributed by atoms with Crippen molar-refractivity contribution in [1.82, 2.24) is 0 Å². The molecule has 3 rings (SSSR count). The number of ketones is 1. The molecule has 4 nitrogen and oxygen atoms in total. The van der Waals surface area contributed by atoms with Gasteiger partial charge in [-0.05, 0) is 60.6 Å². The minimum Gasteiger partial charge on any atom is -0.497 e. The molecule has 0 aromatic heterocycles. The number of fused-ring (bicyclic) bond motifs is 3. The second-order valence-corrected chi connectivity index (χ2v) is 5.95. The lowest BCUT2D eigenvalue weighted by Crippen LogP contribution is -2.45. The molecule has 0 radical (unpaired) electrons. The summed E-state index contributed by atoms with van der Waals surface area (Å²) < 4.78 is 10.4. The topological polar surface area (TPSA) is 52.6 Å². The summed E-state index contributed by atoms with van der Waals surface area (Å²) in [5.41, 5.74) is 2.95. The van der Waals surface area contributed by atoms with E-state index >= 15 is 0 Å². The molecule has 2 aliphatic rings. The molecule has 116 valence electrons. The van der Waals surface area contributed by atoms with Gasteiger partial charge in [-0.15, -0.1) is 0 Å². The fraction of sp³-hybridized carbons (Fsp3) is 0.444. The van der Waals surface area contributed by atoms with Gasteiger partial charge in [0.15, 0.2) is 5.78 Å². The molecule has 0 bridgehead atoms. The lowest BCUT2D eigenvalue weighted by Gasteiger charge is -2.42. The number of aryl methyl sites for hydroxylation is 1. The van der Waals surface area contributed by atoms with E-state index in [4.69, 9.17) is 9.47 Å². The maximum Gasteiger partial charge on any atom is 0.320 e. The van der Waals surface area contributed by atoms with Crippen LogP contribution in [-0.2, 0) is 26.2 Å². The van der Waals surface area contributed by atoms with E-state index in [-0.39, 0.29) is 11.8 Å². The van der Waals surface area contributed by atoms with E-state index in [2.05, 4.69) is 0 Å². The highest BCUT2D eigenvalue weighted by Crippen LogP contribution is 2.50. The third-order valence-corrected chi connectivity index (χ3v) is 5.06. The molecular formula is C18H20O4. The third-order valence-electron chi connectivity index (χ3n) is 5.06. The Bertz CT molecular complexity index is 686. The monoisotopic (exact) mass is 300 g/mol. The van der Waals surface area contributed by atoms with Crippen LogP contribution < -0.4 is 4.74 Å². The molecule has 0 fully saturated rings. The molecule has 2 aliphatic carbocycles. The zero-order valence-corrected chi connectivity index (χ0v) is 13.2. The highest BCUT2D eigenvalue weighted by Gasteiger charge is 2.51. The summed E-state index contributed by atoms with van der Waals surface area (Å²) in [6, 6.07) is 5.81. The summed E-state index contributed by atoms with van der Waals surface area (Å²) in [6.45, 7) is 1.84. The molecule has 0 aliphatic heterocycles. The quantitative estimate of drug-likeness (QED) is 0.788. The van der Waals surface area contributed by atoms with Gasteiger partial charge in [-0.25, -0.2) is 0 Å². The first-order valence-corrected chi connectivity index (χ1v) is 7.54. The van der Waals surface area contributed by atoms with Crippen LogP contribution in [0.15, 0.2) is 29.3 Å². The van der Waals surface area contributed by atoms with Gasteiger partial charge in [0.25, 0.3) is 0 Å². The van der Waals surface area contributed by atoms with E-state index in [1.54, 1.807) is 7.11 Å². The van der Waals surface area contributed by atoms with Crippen LogP contribution in [0.25, 0.3) is 0 Å². The number of allylic oxidation sites excluding steroid dienone is 1. The van der Waals surface area contributed by atoms with E-state index in [0.29, 0.717) is 19.3 Å². The Hall–Kier alpha value is -2.10. The summed E-state index contributed by atoms with van der Waals surface area (Å²) in [4.78, 5) is 24.8. The normalized spacial score (nSPS) is 23.7. The average Bonchev–Trinajstić information content (AvgIpc) is 2.56. The van der Waals surface area contributed by atoms with Crippen molar-refractivity contribution >= 4 is 11.8 Å². The smallest absolute Gasteiger partial charge is 0.320 e. The van der Waals surface area contributed by atoms with Gasteiger partial charge in [-0.2, -0.15) is 0 Å². The number of carbonyl (C=O) groups excluding carboxylic acids is 2. The number of benzene rings is 1. The van der Waals surface area contributed by atoms with Crippen molar-refractivity contribution in [2.24, 2.45) is 0 Å². The lowest BCUT2D eigenvalue weighted by molar-refractivity contribution is -0.147. The second-order valence-electron chi connectivity index (χ2n) is 5.95. The zero-order chi connectivity index (χ0) is 15.9. The van der Waals surface area contributed by atoms with E-state index in [9.17, 15) is 9.59 Å². The number of rotatable bonds is 2. The van der Waals surface area contributed by atoms with Crippen LogP contribution in [0.1, 0.15) is 37.3 Å². The molecule has 0 heterocycles. The highest BCUT2D eigenvalue weighted by molar-refractivity contribution is 6.02. The predicted molar refractivity (Wildman–Crippen MR) is 82.0 cm³/mol. The molecule has 0 unspecified atom stereocenters. The van der Waals surface area contributed by atoms with E-state index in [0.717, 1.165) is 34.4 Å². The van der Waals surface area contributed by atoms with E-state index < -0.39 is 5.41 Å². The number of hydrogen-bond acceptors (Lipinski definition) is 4. The molecule has 0 saturated carbocycles. The molecule has 4 heteroatoms. The Labute approximate surface area is 130 Å². The SMILES string of the molecule is COC(=O)[C@@]12CCC(=O)C(C)=C1CCc1cc(OC)ccc12. The second kappa shape index (κ2) is 5.27. The zero-order valence-electron chi connectivity index (χ0n) is 13.2. The minimum absolute atomic E-state index is 0.145. The van der Waals surface area contributed by atoms with E-state index in [1.807, 2.05) is 25.1 Å². The number of hydrogen-bond donors (Lipinski definition) is 0. The van der Waals surface area contributed by atoms with Crippen molar-refractivity contribution in [1.29, 1.82) is 0 Å². The minimum atomic E-state index is -0.799. The van der Waals surface area contributed by atoms with Gasteiger partial charge >= 0.3 is 5.97 Å². The molecule has 22 heavy (non-hydrogen) atoms. The summed E-state index contributed by atoms with van der Waals surface area (Å²) in [6.07, 6.45) is 2.40. The van der Waals surface area contributed by atoms with Gasteiger partial charge < -0.3 is 9.47 Å². The van der Waals surface area contributed by atoms with Gasteiger partial charge in [0, 0.05) is 6.42 Å². The number of Topliss-reactive ketones (excluding diaryl/α,β-unsaturated/α-hetero) is 1. The summed E-state index contributed by atoms with van der Waals surface area (Å²) in [7, 11) is 3.05. The number of methoxy groups -OCH3 is 2. The van der Waals surface area contributed by atoms with Crippen LogP contribution in [-0.4, -0.2) is 26.0 Å². The van der Waals surface area contributed by atoms with Crippen molar-refractivity contribution in [3.8, 4) is 5.75 Å². The Balaban J connectivity index is 2.27. The van der Waals surface area contributed by atoms with Crippen LogP contribution >= 0.6 is 0 Å². The molecular weight excluding hydrogens is 280 g/mol. The molecule has 1 aromatic rings. The fourth-order valence-electron chi connectivity index (χ4n) is 3.92. The maximum atomic E-state index is 12.7. The summed E-state index contributed by atoms with van der Waals surface area (Å²) >= 11 is 0. The number of esters is 1. The van der Waals surface area contributed by atoms with Crippen molar-refractivity contribution in [3.63, 3.8) is 0 Å². The first-order chi connectivity index (χ1) is 10.5. The molecule has 1 aromatic carbocycles. The third kappa shape index (κ3) is 1.90. The van der Waals surface area contributed by atoms with Crippen LogP contribution in [0.4, 0.5) is 0 Å². The first kappa shape index (κ1) is 14.8. The van der Waals surface area contributed by atoms with Crippen LogP contribution in [0, 0.1) is 0 Å². The molecule has 0 N–H and O–H groups in total. The number of carbonyl (C=O) groups is 2. The van der Waals surface area contributed by atoms with Gasteiger partial charge in [0.2, 0.25) is 0 Å². The molecule has 1 atom stereocenters. The Kier molecular flexibility index (Phi) is 3.55. The Morgan fingerprint density at radius 3 is 2.64 bits per heavy atom. The van der Waals surface area contributed by atoms with Gasteiger partial charge in [0.1, 0.15) is 11.2 Å². The average molecular weight is 300 g/mol. The Morgan fingerprint density at radius 1 is 1.18 bits per heavy atom. The van der Waals surface area contributed by atoms with Crippen molar-refractivity contribution in [2.75, 3.05) is 14.2 Å². The summed E-state index contributed by atoms with van der Waals surface area (Å²) in [5, 5.41) is 0. The van der Waals surface area contributed by atoms with Gasteiger partial charge in [-0.3, -0.25) is 9.59 Å². The Morgan fingerprint density at radius 2 is 1.95 bits per heavy atom. The fourth-order valence-corrected chi connectivity index (χ4v) is 3.92. The standard InChI is InChI=1S/C18H20O4/c1-11-14-6-4-12-10-13(21-2)5-7-15(12)18(14,17(20)22-3)9-8-16(11)19/h5,7,10H,4,6,8-9H2,1-3H3/t18-/m0/s1. The highest BCUT2D eigenvalue weighted by atomic mass is 16.5. The lowest BCUT2D eigenvalue weighted by atomic mass is 9.60. The van der Waals surface area contributed by atoms with Crippen molar-refractivity contribution in [3.05, 3.63) is 40.5 Å². The molecule has 0 amide bonds. The maximum absolute atomic E-state index is 12.7. The van der Waals surface area contributed by atoms with Crippen molar-refractivity contribution < 1.29 is 19.1 Å². The van der Waals surface area contributed by atoms with Gasteiger partial charge in [-0.1, -0.05) is 6.07 Å². The van der Waals surface area contributed by atoms with Crippen LogP contribution in [0.3, 0.4) is 0 Å². The molecule has 0 spiro atoms. The van der Waals surface area contributed by atoms with Gasteiger partial charge in [0.05, 0.1) is 14.2 Å². The number of ether oxygens (including phenoxy) is 2. The van der Waals surface area contributed by atoms with Crippen molar-refractivity contribution in [2.45, 2.75) is 38.0 Å². The van der Waals surface area contributed by atoms with Crippen LogP contribution in [0.2, 0.25) is 0 Å². The first-order valence-electron chi connectivity index (χ1n) is 7.54. The largest absolute Gasteiger partial charge is 0.497 e. The molecule has 0 saturated heterocycles. The summed E-state index contributed by atoms with van der Waals surface area (Å²) in [5.74, 6) is 0.668. The van der Waals surface area contributed by atoms with Crippen LogP contribution in [0.5, 0.6) is 5.75 Å². The van der Waals surface area contributed by atoms with E-state index in [1.165, 1.54) is 7.11 Å². The predicted octanol–water partition coefficient (Wildman–Crippen LogP) is 2.73.